The third-order valence-electron chi connectivity index (χ3n) is 14.5. The first-order valence-electron chi connectivity index (χ1n) is 21.0. The minimum absolute atomic E-state index is 0.125. The van der Waals surface area contributed by atoms with E-state index in [0.717, 1.165) is 12.8 Å². The second kappa shape index (κ2) is 11.8. The van der Waals surface area contributed by atoms with Crippen molar-refractivity contribution in [2.24, 2.45) is 0 Å². The number of anilines is 3. The van der Waals surface area contributed by atoms with E-state index >= 15 is 0 Å². The quantitative estimate of drug-likeness (QED) is 0.173. The van der Waals surface area contributed by atoms with Gasteiger partial charge in [0.15, 0.2) is 0 Å². The number of hydrogen-bond acceptors (Lipinski definition) is 1. The second-order valence-corrected chi connectivity index (χ2v) is 18.0. The maximum absolute atomic E-state index is 2.57. The van der Waals surface area contributed by atoms with Gasteiger partial charge in [-0.1, -0.05) is 173 Å². The molecule has 58 heavy (non-hydrogen) atoms. The number of benzene rings is 8. The van der Waals surface area contributed by atoms with Crippen LogP contribution in [0.25, 0.3) is 44.5 Å². The lowest BCUT2D eigenvalue weighted by atomic mass is 9.73. The summed E-state index contributed by atoms with van der Waals surface area (Å²) in [5.41, 5.74) is 25.1. The highest BCUT2D eigenvalue weighted by molar-refractivity contribution is 5.96. The molecular formula is C57H45N. The Labute approximate surface area is 342 Å². The summed E-state index contributed by atoms with van der Waals surface area (Å²) in [6, 6.07) is 67.0. The van der Waals surface area contributed by atoms with E-state index in [9.17, 15) is 0 Å². The molecule has 12 rings (SSSR count). The summed E-state index contributed by atoms with van der Waals surface area (Å²) in [5.74, 6) is 0. The van der Waals surface area contributed by atoms with Crippen LogP contribution in [0.3, 0.4) is 0 Å². The van der Waals surface area contributed by atoms with Crippen LogP contribution in [-0.4, -0.2) is 0 Å². The van der Waals surface area contributed by atoms with Crippen LogP contribution in [0.15, 0.2) is 176 Å². The Balaban J connectivity index is 1.12. The molecule has 1 heteroatoms. The van der Waals surface area contributed by atoms with Crippen molar-refractivity contribution >= 4 is 17.1 Å². The Morgan fingerprint density at radius 2 is 0.828 bits per heavy atom. The molecule has 1 nitrogen and oxygen atoms in total. The monoisotopic (exact) mass is 743 g/mol. The first kappa shape index (κ1) is 33.7. The molecular weight excluding hydrogens is 699 g/mol. The van der Waals surface area contributed by atoms with Crippen LogP contribution in [0.5, 0.6) is 0 Å². The molecule has 0 saturated heterocycles. The van der Waals surface area contributed by atoms with Gasteiger partial charge >= 0.3 is 0 Å². The molecule has 4 aliphatic carbocycles. The highest BCUT2D eigenvalue weighted by atomic mass is 15.1. The van der Waals surface area contributed by atoms with Crippen LogP contribution < -0.4 is 4.90 Å². The van der Waals surface area contributed by atoms with E-state index in [2.05, 4.69) is 209 Å². The number of hydrogen-bond donors (Lipinski definition) is 0. The molecule has 0 heterocycles. The van der Waals surface area contributed by atoms with Crippen molar-refractivity contribution in [3.8, 4) is 44.5 Å². The molecule has 0 aromatic heterocycles. The van der Waals surface area contributed by atoms with Crippen molar-refractivity contribution in [2.75, 3.05) is 4.90 Å². The molecule has 0 saturated carbocycles. The molecule has 278 valence electrons. The third kappa shape index (κ3) is 4.32. The summed E-state index contributed by atoms with van der Waals surface area (Å²) in [7, 11) is 0. The first-order chi connectivity index (χ1) is 28.3. The molecule has 0 radical (unpaired) electrons. The number of fused-ring (bicyclic) bond motifs is 13. The fourth-order valence-corrected chi connectivity index (χ4v) is 11.9. The zero-order chi connectivity index (χ0) is 39.0. The van der Waals surface area contributed by atoms with Crippen molar-refractivity contribution in [1.82, 2.24) is 0 Å². The number of nitrogens with zero attached hydrogens (tertiary/aromatic N) is 1. The van der Waals surface area contributed by atoms with Gasteiger partial charge < -0.3 is 4.90 Å². The lowest BCUT2D eigenvalue weighted by Crippen LogP contribution is -2.24. The van der Waals surface area contributed by atoms with E-state index in [1.54, 1.807) is 0 Å². The standard InChI is InChI=1S/C57H45N/c1-55(2)48-24-11-6-17-39(48)42-30-28-37(34-51(42)55)58(53-27-14-9-20-44(53)46-22-15-21-45-41-19-7-12-25-49(41)56(3,4)54(45)46)38-29-31-43-40-18-8-13-26-50(40)57(52(43)35-38)33-32-36-16-5-10-23-47(36)57/h5-31,34-35H,32-33H2,1-4H3. The van der Waals surface area contributed by atoms with Crippen molar-refractivity contribution < 1.29 is 0 Å². The zero-order valence-electron chi connectivity index (χ0n) is 33.6. The minimum Gasteiger partial charge on any atom is -0.310 e. The van der Waals surface area contributed by atoms with Gasteiger partial charge in [0.1, 0.15) is 0 Å². The van der Waals surface area contributed by atoms with Crippen molar-refractivity contribution in [3.63, 3.8) is 0 Å². The summed E-state index contributed by atoms with van der Waals surface area (Å²) in [5, 5.41) is 0. The van der Waals surface area contributed by atoms with E-state index in [4.69, 9.17) is 0 Å². The van der Waals surface area contributed by atoms with Crippen molar-refractivity contribution in [1.29, 1.82) is 0 Å². The molecule has 8 aromatic rings. The molecule has 8 aromatic carbocycles. The van der Waals surface area contributed by atoms with Gasteiger partial charge in [0.25, 0.3) is 0 Å². The predicted molar refractivity (Wildman–Crippen MR) is 242 cm³/mol. The van der Waals surface area contributed by atoms with Gasteiger partial charge in [-0.05, 0) is 127 Å². The number of rotatable bonds is 4. The minimum atomic E-state index is -0.179. The van der Waals surface area contributed by atoms with Crippen LogP contribution in [0.4, 0.5) is 17.1 Å². The Morgan fingerprint density at radius 1 is 0.362 bits per heavy atom. The molecule has 0 bridgehead atoms. The van der Waals surface area contributed by atoms with Crippen molar-refractivity contribution in [2.45, 2.75) is 56.8 Å². The maximum atomic E-state index is 2.57. The smallest absolute Gasteiger partial charge is 0.0540 e. The van der Waals surface area contributed by atoms with Gasteiger partial charge in [-0.25, -0.2) is 0 Å². The van der Waals surface area contributed by atoms with E-state index in [1.807, 2.05) is 0 Å². The Hall–Kier alpha value is -6.44. The predicted octanol–water partition coefficient (Wildman–Crippen LogP) is 14.7. The van der Waals surface area contributed by atoms with Crippen LogP contribution in [-0.2, 0) is 22.7 Å². The van der Waals surface area contributed by atoms with Gasteiger partial charge in [-0.15, -0.1) is 0 Å². The summed E-state index contributed by atoms with van der Waals surface area (Å²) in [6.45, 7) is 9.58. The van der Waals surface area contributed by atoms with Crippen LogP contribution >= 0.6 is 0 Å². The van der Waals surface area contributed by atoms with E-state index in [-0.39, 0.29) is 16.2 Å². The molecule has 0 fully saturated rings. The summed E-state index contributed by atoms with van der Waals surface area (Å²) >= 11 is 0. The van der Waals surface area contributed by atoms with Crippen LogP contribution in [0.1, 0.15) is 78.6 Å². The first-order valence-corrected chi connectivity index (χ1v) is 21.0. The fraction of sp³-hybridized carbons (Fsp3) is 0.158. The summed E-state index contributed by atoms with van der Waals surface area (Å²) in [4.78, 5) is 2.57. The average Bonchev–Trinajstić information content (AvgIpc) is 3.93. The molecule has 4 aliphatic rings. The van der Waals surface area contributed by atoms with Crippen molar-refractivity contribution in [3.05, 3.63) is 220 Å². The number of para-hydroxylation sites is 1. The summed E-state index contributed by atoms with van der Waals surface area (Å²) < 4.78 is 0. The third-order valence-corrected chi connectivity index (χ3v) is 14.5. The maximum Gasteiger partial charge on any atom is 0.0540 e. The fourth-order valence-electron chi connectivity index (χ4n) is 11.9. The molecule has 1 unspecified atom stereocenters. The van der Waals surface area contributed by atoms with E-state index in [0.29, 0.717) is 0 Å². The van der Waals surface area contributed by atoms with Crippen LogP contribution in [0.2, 0.25) is 0 Å². The van der Waals surface area contributed by atoms with Gasteiger partial charge in [0.2, 0.25) is 0 Å². The molecule has 0 N–H and O–H groups in total. The lowest BCUT2D eigenvalue weighted by molar-refractivity contribution is 0.626. The number of aryl methyl sites for hydroxylation is 1. The zero-order valence-corrected chi connectivity index (χ0v) is 33.6. The normalized spacial score (nSPS) is 17.9. The Kier molecular flexibility index (Phi) is 6.86. The molecule has 1 atom stereocenters. The Morgan fingerprint density at radius 3 is 1.53 bits per heavy atom. The van der Waals surface area contributed by atoms with Gasteiger partial charge in [0.05, 0.1) is 5.69 Å². The van der Waals surface area contributed by atoms with E-state index in [1.165, 1.54) is 106 Å². The SMILES string of the molecule is CC1(C)c2ccccc2-c2ccc(N(c3ccc4c(c3)C3(CCc5ccccc53)c3ccccc3-4)c3ccccc3-c3cccc4c3C(C)(C)c3ccccc3-4)cc21. The van der Waals surface area contributed by atoms with E-state index < -0.39 is 0 Å². The topological polar surface area (TPSA) is 3.24 Å². The lowest BCUT2D eigenvalue weighted by Gasteiger charge is -2.33. The Bertz CT molecular complexity index is 3030. The highest BCUT2D eigenvalue weighted by Gasteiger charge is 2.48. The van der Waals surface area contributed by atoms with Gasteiger partial charge in [-0.2, -0.15) is 0 Å². The van der Waals surface area contributed by atoms with Crippen LogP contribution in [0, 0.1) is 0 Å². The molecule has 0 amide bonds. The van der Waals surface area contributed by atoms with Gasteiger partial charge in [0, 0.05) is 33.2 Å². The average molecular weight is 744 g/mol. The van der Waals surface area contributed by atoms with Gasteiger partial charge in [-0.3, -0.25) is 0 Å². The highest BCUT2D eigenvalue weighted by Crippen LogP contribution is 2.60. The molecule has 1 spiro atoms. The second-order valence-electron chi connectivity index (χ2n) is 18.0. The largest absolute Gasteiger partial charge is 0.310 e. The molecule has 0 aliphatic heterocycles. The summed E-state index contributed by atoms with van der Waals surface area (Å²) in [6.07, 6.45) is 2.16.